The van der Waals surface area contributed by atoms with Gasteiger partial charge in [-0.25, -0.2) is 0 Å². The molecule has 1 aliphatic rings. The molecule has 1 N–H and O–H groups in total. The first-order valence-electron chi connectivity index (χ1n) is 5.45. The first kappa shape index (κ1) is 10.2. The lowest BCUT2D eigenvalue weighted by molar-refractivity contribution is -0.145. The van der Waals surface area contributed by atoms with E-state index >= 15 is 0 Å². The SMILES string of the molecule is CC(C(=O)O)C1(c2ccccc2)CCC1. The highest BCUT2D eigenvalue weighted by Crippen LogP contribution is 2.49. The van der Waals surface area contributed by atoms with E-state index in [1.807, 2.05) is 25.1 Å². The standard InChI is InChI=1S/C13H16O2/c1-10(12(14)15)13(8-5-9-13)11-6-3-2-4-7-11/h2-4,6-7,10H,5,8-9H2,1H3,(H,14,15). The van der Waals surface area contributed by atoms with E-state index in [0.717, 1.165) is 19.3 Å². The van der Waals surface area contributed by atoms with Crippen LogP contribution in [-0.4, -0.2) is 11.1 Å². The van der Waals surface area contributed by atoms with Crippen LogP contribution in [0.1, 0.15) is 31.7 Å². The van der Waals surface area contributed by atoms with Crippen LogP contribution in [0.5, 0.6) is 0 Å². The van der Waals surface area contributed by atoms with Crippen molar-refractivity contribution in [1.82, 2.24) is 0 Å². The third-order valence-corrected chi connectivity index (χ3v) is 3.79. The first-order valence-corrected chi connectivity index (χ1v) is 5.45. The van der Waals surface area contributed by atoms with Crippen LogP contribution in [0.15, 0.2) is 30.3 Å². The zero-order valence-corrected chi connectivity index (χ0v) is 8.94. The van der Waals surface area contributed by atoms with Crippen molar-refractivity contribution < 1.29 is 9.90 Å². The Hall–Kier alpha value is -1.31. The minimum absolute atomic E-state index is 0.104. The lowest BCUT2D eigenvalue weighted by atomic mass is 9.58. The predicted octanol–water partition coefficient (Wildman–Crippen LogP) is 2.83. The Balaban J connectivity index is 2.34. The van der Waals surface area contributed by atoms with Gasteiger partial charge in [0.1, 0.15) is 0 Å². The Morgan fingerprint density at radius 1 is 1.33 bits per heavy atom. The normalized spacial score (nSPS) is 20.3. The van der Waals surface area contributed by atoms with Gasteiger partial charge in [-0.05, 0) is 18.4 Å². The van der Waals surface area contributed by atoms with Gasteiger partial charge in [0.2, 0.25) is 0 Å². The van der Waals surface area contributed by atoms with E-state index in [9.17, 15) is 4.79 Å². The number of carboxylic acids is 1. The number of hydrogen-bond donors (Lipinski definition) is 1. The second-order valence-electron chi connectivity index (χ2n) is 4.44. The maximum absolute atomic E-state index is 11.1. The monoisotopic (exact) mass is 204 g/mol. The molecule has 1 unspecified atom stereocenters. The molecular formula is C13H16O2. The van der Waals surface area contributed by atoms with Crippen molar-refractivity contribution in [2.24, 2.45) is 5.92 Å². The molecule has 0 saturated heterocycles. The van der Waals surface area contributed by atoms with Crippen molar-refractivity contribution >= 4 is 5.97 Å². The lowest BCUT2D eigenvalue weighted by Crippen LogP contribution is -2.44. The van der Waals surface area contributed by atoms with E-state index in [0.29, 0.717) is 0 Å². The molecule has 1 atom stereocenters. The van der Waals surface area contributed by atoms with Gasteiger partial charge in [0.05, 0.1) is 5.92 Å². The average Bonchev–Trinajstić information content (AvgIpc) is 2.17. The highest BCUT2D eigenvalue weighted by Gasteiger charge is 2.46. The summed E-state index contributed by atoms with van der Waals surface area (Å²) >= 11 is 0. The molecule has 0 aromatic heterocycles. The molecule has 15 heavy (non-hydrogen) atoms. The molecular weight excluding hydrogens is 188 g/mol. The summed E-state index contributed by atoms with van der Waals surface area (Å²) in [6.07, 6.45) is 3.15. The summed E-state index contributed by atoms with van der Waals surface area (Å²) in [5.74, 6) is -0.966. The second-order valence-corrected chi connectivity index (χ2v) is 4.44. The Kier molecular flexibility index (Phi) is 2.51. The van der Waals surface area contributed by atoms with Gasteiger partial charge in [-0.2, -0.15) is 0 Å². The summed E-state index contributed by atoms with van der Waals surface area (Å²) in [4.78, 5) is 11.1. The average molecular weight is 204 g/mol. The van der Waals surface area contributed by atoms with Gasteiger partial charge in [0.25, 0.3) is 0 Å². The molecule has 80 valence electrons. The summed E-state index contributed by atoms with van der Waals surface area (Å²) in [5.41, 5.74) is 1.08. The molecule has 2 rings (SSSR count). The first-order chi connectivity index (χ1) is 7.17. The molecule has 1 aliphatic carbocycles. The Bertz CT molecular complexity index is 352. The number of hydrogen-bond acceptors (Lipinski definition) is 1. The molecule has 0 aliphatic heterocycles. The van der Waals surface area contributed by atoms with E-state index < -0.39 is 5.97 Å². The van der Waals surface area contributed by atoms with Crippen LogP contribution in [0.4, 0.5) is 0 Å². The van der Waals surface area contributed by atoms with Crippen LogP contribution in [0, 0.1) is 5.92 Å². The zero-order valence-electron chi connectivity index (χ0n) is 8.94. The maximum atomic E-state index is 11.1. The van der Waals surface area contributed by atoms with E-state index in [-0.39, 0.29) is 11.3 Å². The van der Waals surface area contributed by atoms with Gasteiger partial charge >= 0.3 is 5.97 Å². The highest BCUT2D eigenvalue weighted by molar-refractivity contribution is 5.72. The number of benzene rings is 1. The van der Waals surface area contributed by atoms with Crippen molar-refractivity contribution in [3.05, 3.63) is 35.9 Å². The number of rotatable bonds is 3. The van der Waals surface area contributed by atoms with Gasteiger partial charge < -0.3 is 5.11 Å². The molecule has 1 saturated carbocycles. The van der Waals surface area contributed by atoms with Gasteiger partial charge in [-0.3, -0.25) is 4.79 Å². The molecule has 2 heteroatoms. The third kappa shape index (κ3) is 1.54. The minimum Gasteiger partial charge on any atom is -0.481 e. The summed E-state index contributed by atoms with van der Waals surface area (Å²) in [6, 6.07) is 10.1. The fraction of sp³-hybridized carbons (Fsp3) is 0.462. The van der Waals surface area contributed by atoms with E-state index in [1.165, 1.54) is 5.56 Å². The van der Waals surface area contributed by atoms with E-state index in [4.69, 9.17) is 5.11 Å². The second kappa shape index (κ2) is 3.69. The zero-order chi connectivity index (χ0) is 10.9. The Morgan fingerprint density at radius 2 is 1.93 bits per heavy atom. The van der Waals surface area contributed by atoms with Crippen LogP contribution >= 0.6 is 0 Å². The van der Waals surface area contributed by atoms with E-state index in [1.54, 1.807) is 0 Å². The molecule has 1 fully saturated rings. The smallest absolute Gasteiger partial charge is 0.307 e. The topological polar surface area (TPSA) is 37.3 Å². The number of carbonyl (C=O) groups is 1. The van der Waals surface area contributed by atoms with Crippen molar-refractivity contribution in [2.45, 2.75) is 31.6 Å². The van der Waals surface area contributed by atoms with Crippen LogP contribution in [0.25, 0.3) is 0 Å². The molecule has 1 aromatic carbocycles. The number of aliphatic carboxylic acids is 1. The fourth-order valence-corrected chi connectivity index (χ4v) is 2.54. The van der Waals surface area contributed by atoms with Gasteiger partial charge in [0.15, 0.2) is 0 Å². The Morgan fingerprint density at radius 3 is 2.33 bits per heavy atom. The minimum atomic E-state index is -0.682. The van der Waals surface area contributed by atoms with Crippen molar-refractivity contribution in [2.75, 3.05) is 0 Å². The van der Waals surface area contributed by atoms with Crippen molar-refractivity contribution in [1.29, 1.82) is 0 Å². The summed E-state index contributed by atoms with van der Waals surface area (Å²) < 4.78 is 0. The summed E-state index contributed by atoms with van der Waals surface area (Å²) in [6.45, 7) is 1.83. The van der Waals surface area contributed by atoms with Crippen LogP contribution in [0.2, 0.25) is 0 Å². The maximum Gasteiger partial charge on any atom is 0.307 e. The van der Waals surface area contributed by atoms with E-state index in [2.05, 4.69) is 12.1 Å². The van der Waals surface area contributed by atoms with Gasteiger partial charge in [-0.1, -0.05) is 43.7 Å². The van der Waals surface area contributed by atoms with Crippen molar-refractivity contribution in [3.63, 3.8) is 0 Å². The molecule has 0 spiro atoms. The van der Waals surface area contributed by atoms with Crippen LogP contribution in [0.3, 0.4) is 0 Å². The van der Waals surface area contributed by atoms with Crippen LogP contribution in [-0.2, 0) is 10.2 Å². The quantitative estimate of drug-likeness (QED) is 0.822. The van der Waals surface area contributed by atoms with Gasteiger partial charge in [-0.15, -0.1) is 0 Å². The van der Waals surface area contributed by atoms with Gasteiger partial charge in [0, 0.05) is 5.41 Å². The predicted molar refractivity (Wildman–Crippen MR) is 58.8 cm³/mol. The van der Waals surface area contributed by atoms with Crippen molar-refractivity contribution in [3.8, 4) is 0 Å². The number of carboxylic acid groups (broad SMARTS) is 1. The Labute approximate surface area is 89.9 Å². The molecule has 1 aromatic rings. The summed E-state index contributed by atoms with van der Waals surface area (Å²) in [7, 11) is 0. The third-order valence-electron chi connectivity index (χ3n) is 3.79. The van der Waals surface area contributed by atoms with Crippen LogP contribution < -0.4 is 0 Å². The summed E-state index contributed by atoms with van der Waals surface area (Å²) in [5, 5.41) is 9.14. The fourth-order valence-electron chi connectivity index (χ4n) is 2.54. The molecule has 0 radical (unpaired) electrons. The molecule has 2 nitrogen and oxygen atoms in total. The molecule has 0 amide bonds. The molecule has 0 bridgehead atoms. The lowest BCUT2D eigenvalue weighted by Gasteiger charge is -2.45. The largest absolute Gasteiger partial charge is 0.481 e. The molecule has 0 heterocycles. The highest BCUT2D eigenvalue weighted by atomic mass is 16.4.